The maximum absolute atomic E-state index is 12.5. The lowest BCUT2D eigenvalue weighted by Gasteiger charge is -2.08. The molecule has 1 N–H and O–H groups in total. The molecule has 0 aliphatic carbocycles. The van der Waals surface area contributed by atoms with Crippen LogP contribution < -0.4 is 15.6 Å². The van der Waals surface area contributed by atoms with Crippen LogP contribution in [0.5, 0.6) is 5.75 Å². The number of hydrogen-bond acceptors (Lipinski definition) is 5. The number of aromatic nitrogens is 2. The van der Waals surface area contributed by atoms with Crippen LogP contribution in [0.4, 0.5) is 5.82 Å². The SMILES string of the molecule is COc1ccc(-n2ccnc(NC(=O)c3ccco3)c2=O)cc1. The summed E-state index contributed by atoms with van der Waals surface area (Å²) in [7, 11) is 1.57. The number of benzene rings is 1. The third-order valence-electron chi connectivity index (χ3n) is 3.17. The van der Waals surface area contributed by atoms with Gasteiger partial charge in [0.2, 0.25) is 0 Å². The third kappa shape index (κ3) is 2.98. The maximum Gasteiger partial charge on any atom is 0.298 e. The Hall–Kier alpha value is -3.35. The van der Waals surface area contributed by atoms with E-state index in [9.17, 15) is 9.59 Å². The van der Waals surface area contributed by atoms with Gasteiger partial charge in [-0.25, -0.2) is 4.98 Å². The van der Waals surface area contributed by atoms with Crippen molar-refractivity contribution in [3.63, 3.8) is 0 Å². The monoisotopic (exact) mass is 311 g/mol. The standard InChI is InChI=1S/C16H13N3O4/c1-22-12-6-4-11(5-7-12)19-9-8-17-14(16(19)21)18-15(20)13-3-2-10-23-13/h2-10H,1H3,(H,17,18,20). The predicted octanol–water partition coefficient (Wildman–Crippen LogP) is 2.09. The van der Waals surface area contributed by atoms with E-state index in [-0.39, 0.29) is 11.6 Å². The summed E-state index contributed by atoms with van der Waals surface area (Å²) in [5, 5.41) is 2.44. The van der Waals surface area contributed by atoms with E-state index < -0.39 is 11.5 Å². The largest absolute Gasteiger partial charge is 0.497 e. The number of anilines is 1. The Bertz CT molecular complexity index is 867. The Morgan fingerprint density at radius 3 is 2.70 bits per heavy atom. The lowest BCUT2D eigenvalue weighted by Crippen LogP contribution is -2.25. The Morgan fingerprint density at radius 2 is 2.04 bits per heavy atom. The molecule has 0 spiro atoms. The molecule has 0 saturated carbocycles. The summed E-state index contributed by atoms with van der Waals surface area (Å²) in [6.45, 7) is 0. The van der Waals surface area contributed by atoms with Gasteiger partial charge in [0.25, 0.3) is 11.5 Å². The van der Waals surface area contributed by atoms with Crippen LogP contribution >= 0.6 is 0 Å². The van der Waals surface area contributed by atoms with E-state index in [0.717, 1.165) is 0 Å². The molecular formula is C16H13N3O4. The molecule has 1 aromatic carbocycles. The van der Waals surface area contributed by atoms with E-state index in [2.05, 4.69) is 10.3 Å². The van der Waals surface area contributed by atoms with Gasteiger partial charge in [-0.05, 0) is 36.4 Å². The van der Waals surface area contributed by atoms with E-state index in [0.29, 0.717) is 11.4 Å². The second kappa shape index (κ2) is 6.18. The number of nitrogens with zero attached hydrogens (tertiary/aromatic N) is 2. The summed E-state index contributed by atoms with van der Waals surface area (Å²) in [5.74, 6) is 0.171. The van der Waals surface area contributed by atoms with Gasteiger partial charge >= 0.3 is 0 Å². The number of nitrogens with one attached hydrogen (secondary N) is 1. The number of hydrogen-bond donors (Lipinski definition) is 1. The quantitative estimate of drug-likeness (QED) is 0.797. The van der Waals surface area contributed by atoms with Crippen molar-refractivity contribution in [3.8, 4) is 11.4 Å². The lowest BCUT2D eigenvalue weighted by atomic mass is 10.3. The highest BCUT2D eigenvalue weighted by Crippen LogP contribution is 2.14. The van der Waals surface area contributed by atoms with Crippen molar-refractivity contribution in [1.82, 2.24) is 9.55 Å². The molecule has 23 heavy (non-hydrogen) atoms. The smallest absolute Gasteiger partial charge is 0.298 e. The van der Waals surface area contributed by atoms with Crippen molar-refractivity contribution in [2.75, 3.05) is 12.4 Å². The van der Waals surface area contributed by atoms with Crippen molar-refractivity contribution in [1.29, 1.82) is 0 Å². The molecule has 0 saturated heterocycles. The van der Waals surface area contributed by atoms with Gasteiger partial charge in [0, 0.05) is 18.1 Å². The van der Waals surface area contributed by atoms with E-state index >= 15 is 0 Å². The molecule has 0 atom stereocenters. The summed E-state index contributed by atoms with van der Waals surface area (Å²) in [6.07, 6.45) is 4.33. The fraction of sp³-hybridized carbons (Fsp3) is 0.0625. The van der Waals surface area contributed by atoms with Crippen LogP contribution in [0.15, 0.2) is 64.3 Å². The van der Waals surface area contributed by atoms with Crippen LogP contribution in [-0.4, -0.2) is 22.6 Å². The zero-order valence-electron chi connectivity index (χ0n) is 12.2. The minimum Gasteiger partial charge on any atom is -0.497 e. The maximum atomic E-state index is 12.5. The minimum atomic E-state index is -0.535. The van der Waals surface area contributed by atoms with E-state index in [4.69, 9.17) is 9.15 Å². The van der Waals surface area contributed by atoms with Crippen molar-refractivity contribution < 1.29 is 13.9 Å². The first-order valence-corrected chi connectivity index (χ1v) is 6.76. The first-order chi connectivity index (χ1) is 11.2. The Labute approximate surface area is 131 Å². The topological polar surface area (TPSA) is 86.4 Å². The Balaban J connectivity index is 1.91. The van der Waals surface area contributed by atoms with Crippen LogP contribution in [0.25, 0.3) is 5.69 Å². The van der Waals surface area contributed by atoms with Gasteiger partial charge in [-0.1, -0.05) is 0 Å². The Kier molecular flexibility index (Phi) is 3.92. The van der Waals surface area contributed by atoms with E-state index in [1.807, 2.05) is 0 Å². The first kappa shape index (κ1) is 14.6. The van der Waals surface area contributed by atoms with Crippen molar-refractivity contribution in [2.45, 2.75) is 0 Å². The number of carbonyl (C=O) groups is 1. The molecule has 0 radical (unpaired) electrons. The molecule has 0 bridgehead atoms. The second-order valence-corrected chi connectivity index (χ2v) is 4.58. The number of methoxy groups -OCH3 is 1. The highest BCUT2D eigenvalue weighted by molar-refractivity contribution is 6.01. The number of ether oxygens (including phenoxy) is 1. The Morgan fingerprint density at radius 1 is 1.26 bits per heavy atom. The molecule has 0 aliphatic rings. The average molecular weight is 311 g/mol. The highest BCUT2D eigenvalue weighted by Gasteiger charge is 2.13. The van der Waals surface area contributed by atoms with Gasteiger partial charge in [-0.3, -0.25) is 19.5 Å². The average Bonchev–Trinajstić information content (AvgIpc) is 3.11. The summed E-state index contributed by atoms with van der Waals surface area (Å²) < 4.78 is 11.5. The summed E-state index contributed by atoms with van der Waals surface area (Å²) >= 11 is 0. The zero-order valence-corrected chi connectivity index (χ0v) is 12.2. The minimum absolute atomic E-state index is 0.0790. The molecule has 7 nitrogen and oxygen atoms in total. The predicted molar refractivity (Wildman–Crippen MR) is 83.0 cm³/mol. The van der Waals surface area contributed by atoms with Crippen LogP contribution in [0.1, 0.15) is 10.6 Å². The molecule has 3 aromatic rings. The van der Waals surface area contributed by atoms with E-state index in [1.165, 1.54) is 29.3 Å². The van der Waals surface area contributed by atoms with Crippen molar-refractivity contribution in [3.05, 3.63) is 71.2 Å². The molecule has 0 fully saturated rings. The van der Waals surface area contributed by atoms with Gasteiger partial charge in [0.05, 0.1) is 13.4 Å². The molecule has 3 rings (SSSR count). The highest BCUT2D eigenvalue weighted by atomic mass is 16.5. The van der Waals surface area contributed by atoms with Gasteiger partial charge in [-0.2, -0.15) is 0 Å². The van der Waals surface area contributed by atoms with Gasteiger partial charge in [0.1, 0.15) is 5.75 Å². The molecule has 0 aliphatic heterocycles. The lowest BCUT2D eigenvalue weighted by molar-refractivity contribution is 0.0996. The second-order valence-electron chi connectivity index (χ2n) is 4.58. The number of amides is 1. The van der Waals surface area contributed by atoms with Crippen LogP contribution in [0, 0.1) is 0 Å². The summed E-state index contributed by atoms with van der Waals surface area (Å²) in [4.78, 5) is 28.3. The number of carbonyl (C=O) groups excluding carboxylic acids is 1. The van der Waals surface area contributed by atoms with Crippen LogP contribution in [-0.2, 0) is 0 Å². The molecule has 116 valence electrons. The van der Waals surface area contributed by atoms with Gasteiger partial charge in [0.15, 0.2) is 11.6 Å². The number of rotatable bonds is 4. The molecule has 2 heterocycles. The van der Waals surface area contributed by atoms with Crippen LogP contribution in [0.2, 0.25) is 0 Å². The van der Waals surface area contributed by atoms with Crippen molar-refractivity contribution in [2.24, 2.45) is 0 Å². The fourth-order valence-electron chi connectivity index (χ4n) is 2.02. The zero-order chi connectivity index (χ0) is 16.2. The third-order valence-corrected chi connectivity index (χ3v) is 3.17. The summed E-state index contributed by atoms with van der Waals surface area (Å²) in [5.41, 5.74) is 0.185. The van der Waals surface area contributed by atoms with Gasteiger partial charge < -0.3 is 9.15 Å². The molecule has 0 unspecified atom stereocenters. The molecule has 1 amide bonds. The first-order valence-electron chi connectivity index (χ1n) is 6.76. The van der Waals surface area contributed by atoms with Crippen LogP contribution in [0.3, 0.4) is 0 Å². The van der Waals surface area contributed by atoms with Crippen molar-refractivity contribution >= 4 is 11.7 Å². The molecule has 2 aromatic heterocycles. The summed E-state index contributed by atoms with van der Waals surface area (Å²) in [6, 6.07) is 10.0. The molecular weight excluding hydrogens is 298 g/mol. The van der Waals surface area contributed by atoms with E-state index in [1.54, 1.807) is 37.4 Å². The normalized spacial score (nSPS) is 10.3. The number of furan rings is 1. The van der Waals surface area contributed by atoms with Gasteiger partial charge in [-0.15, -0.1) is 0 Å². The fourth-order valence-corrected chi connectivity index (χ4v) is 2.02. The molecule has 7 heteroatoms.